The van der Waals surface area contributed by atoms with E-state index in [9.17, 15) is 0 Å². The molecule has 1 saturated carbocycles. The number of benzene rings is 1. The van der Waals surface area contributed by atoms with E-state index in [-0.39, 0.29) is 6.04 Å². The number of hydrogen-bond acceptors (Lipinski definition) is 3. The molecule has 4 heteroatoms. The second kappa shape index (κ2) is 4.90. The SMILES string of the molecule is CC(c1ccccc1)n1cc(CNC2CC2)nn1. The highest BCUT2D eigenvalue weighted by Crippen LogP contribution is 2.19. The van der Waals surface area contributed by atoms with E-state index in [1.807, 2.05) is 16.9 Å². The Bertz CT molecular complexity index is 502. The van der Waals surface area contributed by atoms with Crippen LogP contribution < -0.4 is 5.32 Å². The molecule has 0 bridgehead atoms. The highest BCUT2D eigenvalue weighted by molar-refractivity contribution is 5.18. The molecule has 0 radical (unpaired) electrons. The molecule has 1 aromatic carbocycles. The minimum Gasteiger partial charge on any atom is -0.308 e. The first-order valence-corrected chi connectivity index (χ1v) is 6.52. The van der Waals surface area contributed by atoms with Crippen molar-refractivity contribution in [1.29, 1.82) is 0 Å². The third-order valence-electron chi connectivity index (χ3n) is 3.39. The van der Waals surface area contributed by atoms with E-state index in [0.29, 0.717) is 6.04 Å². The second-order valence-corrected chi connectivity index (χ2v) is 4.93. The van der Waals surface area contributed by atoms with Gasteiger partial charge < -0.3 is 5.32 Å². The molecular formula is C14H18N4. The minimum absolute atomic E-state index is 0.230. The maximum atomic E-state index is 4.22. The van der Waals surface area contributed by atoms with Crippen molar-refractivity contribution < 1.29 is 0 Å². The molecule has 94 valence electrons. The minimum atomic E-state index is 0.230. The lowest BCUT2D eigenvalue weighted by Gasteiger charge is -2.10. The molecule has 18 heavy (non-hydrogen) atoms. The van der Waals surface area contributed by atoms with Crippen molar-refractivity contribution in [1.82, 2.24) is 20.3 Å². The molecule has 1 aliphatic rings. The summed E-state index contributed by atoms with van der Waals surface area (Å²) < 4.78 is 1.93. The average Bonchev–Trinajstić information content (AvgIpc) is 3.14. The van der Waals surface area contributed by atoms with E-state index in [2.05, 4.69) is 46.8 Å². The van der Waals surface area contributed by atoms with Crippen molar-refractivity contribution in [3.05, 3.63) is 47.8 Å². The zero-order valence-electron chi connectivity index (χ0n) is 10.6. The maximum absolute atomic E-state index is 4.22. The number of aromatic nitrogens is 3. The van der Waals surface area contributed by atoms with Gasteiger partial charge in [-0.15, -0.1) is 5.10 Å². The van der Waals surface area contributed by atoms with E-state index in [1.165, 1.54) is 18.4 Å². The first kappa shape index (κ1) is 11.4. The molecule has 0 aliphatic heterocycles. The average molecular weight is 242 g/mol. The van der Waals surface area contributed by atoms with Crippen molar-refractivity contribution in [2.45, 2.75) is 38.4 Å². The molecule has 1 fully saturated rings. The normalized spacial score (nSPS) is 16.7. The van der Waals surface area contributed by atoms with Crippen LogP contribution in [0, 0.1) is 0 Å². The van der Waals surface area contributed by atoms with Crippen LogP contribution in [0.25, 0.3) is 0 Å². The van der Waals surface area contributed by atoms with Crippen LogP contribution in [0.5, 0.6) is 0 Å². The van der Waals surface area contributed by atoms with E-state index in [1.54, 1.807) is 0 Å². The van der Waals surface area contributed by atoms with Crippen LogP contribution in [0.3, 0.4) is 0 Å². The Labute approximate surface area is 107 Å². The van der Waals surface area contributed by atoms with Crippen molar-refractivity contribution in [2.75, 3.05) is 0 Å². The zero-order chi connectivity index (χ0) is 12.4. The molecule has 1 unspecified atom stereocenters. The van der Waals surface area contributed by atoms with Gasteiger partial charge in [-0.2, -0.15) is 0 Å². The third kappa shape index (κ3) is 2.59. The number of rotatable bonds is 5. The lowest BCUT2D eigenvalue weighted by molar-refractivity contribution is 0.543. The van der Waals surface area contributed by atoms with Crippen LogP contribution in [0.1, 0.15) is 37.1 Å². The van der Waals surface area contributed by atoms with Crippen molar-refractivity contribution in [3.8, 4) is 0 Å². The Kier molecular flexibility index (Phi) is 3.11. The Balaban J connectivity index is 1.68. The summed E-state index contributed by atoms with van der Waals surface area (Å²) in [5.74, 6) is 0. The van der Waals surface area contributed by atoms with E-state index >= 15 is 0 Å². The topological polar surface area (TPSA) is 42.7 Å². The van der Waals surface area contributed by atoms with Gasteiger partial charge >= 0.3 is 0 Å². The molecule has 3 rings (SSSR count). The van der Waals surface area contributed by atoms with Crippen molar-refractivity contribution >= 4 is 0 Å². The zero-order valence-corrected chi connectivity index (χ0v) is 10.6. The molecule has 1 aliphatic carbocycles. The Morgan fingerprint density at radius 3 is 2.83 bits per heavy atom. The standard InChI is InChI=1S/C14H18N4/c1-11(12-5-3-2-4-6-12)18-10-14(16-17-18)9-15-13-7-8-13/h2-6,10-11,13,15H,7-9H2,1H3. The third-order valence-corrected chi connectivity index (χ3v) is 3.39. The van der Waals surface area contributed by atoms with Crippen LogP contribution in [-0.4, -0.2) is 21.0 Å². The quantitative estimate of drug-likeness (QED) is 0.873. The maximum Gasteiger partial charge on any atom is 0.0965 e. The molecule has 0 spiro atoms. The summed E-state index contributed by atoms with van der Waals surface area (Å²) in [4.78, 5) is 0. The van der Waals surface area contributed by atoms with Gasteiger partial charge in [0.05, 0.1) is 17.9 Å². The predicted molar refractivity (Wildman–Crippen MR) is 70.1 cm³/mol. The smallest absolute Gasteiger partial charge is 0.0965 e. The second-order valence-electron chi connectivity index (χ2n) is 4.93. The van der Waals surface area contributed by atoms with Crippen LogP contribution in [-0.2, 0) is 6.54 Å². The van der Waals surface area contributed by atoms with Gasteiger partial charge in [-0.25, -0.2) is 4.68 Å². The molecule has 0 amide bonds. The van der Waals surface area contributed by atoms with Crippen LogP contribution >= 0.6 is 0 Å². The van der Waals surface area contributed by atoms with Gasteiger partial charge in [-0.3, -0.25) is 0 Å². The monoisotopic (exact) mass is 242 g/mol. The number of nitrogens with one attached hydrogen (secondary N) is 1. The predicted octanol–water partition coefficient (Wildman–Crippen LogP) is 2.14. The molecule has 1 heterocycles. The van der Waals surface area contributed by atoms with Gasteiger partial charge in [0.15, 0.2) is 0 Å². The Morgan fingerprint density at radius 1 is 1.33 bits per heavy atom. The molecule has 1 aromatic heterocycles. The molecular weight excluding hydrogens is 224 g/mol. The summed E-state index contributed by atoms with van der Waals surface area (Å²) in [6, 6.07) is 11.3. The van der Waals surface area contributed by atoms with Crippen molar-refractivity contribution in [3.63, 3.8) is 0 Å². The summed E-state index contributed by atoms with van der Waals surface area (Å²) >= 11 is 0. The highest BCUT2D eigenvalue weighted by Gasteiger charge is 2.20. The molecule has 1 N–H and O–H groups in total. The highest BCUT2D eigenvalue weighted by atomic mass is 15.4. The summed E-state index contributed by atoms with van der Waals surface area (Å²) in [5.41, 5.74) is 2.27. The summed E-state index contributed by atoms with van der Waals surface area (Å²) in [6.45, 7) is 2.97. The number of hydrogen-bond donors (Lipinski definition) is 1. The molecule has 4 nitrogen and oxygen atoms in total. The van der Waals surface area contributed by atoms with Crippen LogP contribution in [0.4, 0.5) is 0 Å². The number of nitrogens with zero attached hydrogens (tertiary/aromatic N) is 3. The van der Waals surface area contributed by atoms with Gasteiger partial charge in [0.2, 0.25) is 0 Å². The summed E-state index contributed by atoms with van der Waals surface area (Å²) in [6.07, 6.45) is 4.64. The molecule has 1 atom stereocenters. The van der Waals surface area contributed by atoms with Crippen molar-refractivity contribution in [2.24, 2.45) is 0 Å². The molecule has 0 saturated heterocycles. The summed E-state index contributed by atoms with van der Waals surface area (Å²) in [5, 5.41) is 11.9. The van der Waals surface area contributed by atoms with Gasteiger partial charge in [0, 0.05) is 12.6 Å². The fraction of sp³-hybridized carbons (Fsp3) is 0.429. The fourth-order valence-electron chi connectivity index (χ4n) is 2.00. The van der Waals surface area contributed by atoms with Gasteiger partial charge in [-0.05, 0) is 25.3 Å². The van der Waals surface area contributed by atoms with Crippen LogP contribution in [0.15, 0.2) is 36.5 Å². The Morgan fingerprint density at radius 2 is 2.11 bits per heavy atom. The van der Waals surface area contributed by atoms with E-state index in [0.717, 1.165) is 12.2 Å². The fourth-order valence-corrected chi connectivity index (χ4v) is 2.00. The van der Waals surface area contributed by atoms with Gasteiger partial charge in [-0.1, -0.05) is 35.5 Å². The lowest BCUT2D eigenvalue weighted by Crippen LogP contribution is -2.15. The first-order chi connectivity index (χ1) is 8.83. The van der Waals surface area contributed by atoms with Gasteiger partial charge in [0.1, 0.15) is 0 Å². The molecule has 2 aromatic rings. The summed E-state index contributed by atoms with van der Waals surface area (Å²) in [7, 11) is 0. The Hall–Kier alpha value is -1.68. The van der Waals surface area contributed by atoms with Crippen LogP contribution in [0.2, 0.25) is 0 Å². The van der Waals surface area contributed by atoms with E-state index < -0.39 is 0 Å². The first-order valence-electron chi connectivity index (χ1n) is 6.52. The largest absolute Gasteiger partial charge is 0.308 e. The van der Waals surface area contributed by atoms with E-state index in [4.69, 9.17) is 0 Å². The lowest BCUT2D eigenvalue weighted by atomic mass is 10.1. The van der Waals surface area contributed by atoms with Gasteiger partial charge in [0.25, 0.3) is 0 Å².